The third-order valence-corrected chi connectivity index (χ3v) is 4.11. The van der Waals surface area contributed by atoms with E-state index in [-0.39, 0.29) is 28.0 Å². The number of hydrogen-bond donors (Lipinski definition) is 0. The first kappa shape index (κ1) is 21.5. The van der Waals surface area contributed by atoms with Gasteiger partial charge in [-0.1, -0.05) is 49.4 Å². The molecule has 0 saturated carbocycles. The first-order valence-electron chi connectivity index (χ1n) is 8.07. The Kier molecular flexibility index (Phi) is 8.39. The standard InChI is InChI=1S/C18H22Cl2O5/c1-4-5-6-7-8-24-16(22)18(2,3)17(23)25-15-12(11-21)9-13(19)10-14(15)20/h9-11H,4-8H2,1-3H3. The lowest BCUT2D eigenvalue weighted by Gasteiger charge is -2.21. The van der Waals surface area contributed by atoms with Gasteiger partial charge in [0.1, 0.15) is 0 Å². The van der Waals surface area contributed by atoms with Crippen molar-refractivity contribution >= 4 is 41.4 Å². The molecule has 138 valence electrons. The van der Waals surface area contributed by atoms with Gasteiger partial charge in [0.15, 0.2) is 17.5 Å². The first-order chi connectivity index (χ1) is 11.7. The third-order valence-electron chi connectivity index (χ3n) is 3.61. The van der Waals surface area contributed by atoms with Gasteiger partial charge in [0, 0.05) is 5.02 Å². The van der Waals surface area contributed by atoms with E-state index in [0.29, 0.717) is 6.29 Å². The summed E-state index contributed by atoms with van der Waals surface area (Å²) in [6, 6.07) is 2.67. The van der Waals surface area contributed by atoms with Crippen LogP contribution in [0.15, 0.2) is 12.1 Å². The van der Waals surface area contributed by atoms with Crippen molar-refractivity contribution in [2.75, 3.05) is 6.61 Å². The highest BCUT2D eigenvalue weighted by molar-refractivity contribution is 6.36. The molecular formula is C18H22Cl2O5. The highest BCUT2D eigenvalue weighted by Crippen LogP contribution is 2.33. The molecule has 0 unspecified atom stereocenters. The molecule has 7 heteroatoms. The van der Waals surface area contributed by atoms with E-state index >= 15 is 0 Å². The second-order valence-electron chi connectivity index (χ2n) is 6.13. The van der Waals surface area contributed by atoms with Crippen LogP contribution in [0, 0.1) is 5.41 Å². The predicted octanol–water partition coefficient (Wildman–Crippen LogP) is 4.86. The number of carbonyl (C=O) groups excluding carboxylic acids is 3. The molecule has 0 heterocycles. The fourth-order valence-corrected chi connectivity index (χ4v) is 2.50. The van der Waals surface area contributed by atoms with Crippen molar-refractivity contribution in [3.63, 3.8) is 0 Å². The smallest absolute Gasteiger partial charge is 0.328 e. The Morgan fingerprint density at radius 3 is 2.40 bits per heavy atom. The highest BCUT2D eigenvalue weighted by Gasteiger charge is 2.40. The molecule has 0 aliphatic carbocycles. The van der Waals surface area contributed by atoms with Gasteiger partial charge in [-0.05, 0) is 32.4 Å². The summed E-state index contributed by atoms with van der Waals surface area (Å²) in [5, 5.41) is 0.240. The van der Waals surface area contributed by atoms with Crippen LogP contribution in [0.1, 0.15) is 56.8 Å². The van der Waals surface area contributed by atoms with Crippen LogP contribution in [0.5, 0.6) is 5.75 Å². The van der Waals surface area contributed by atoms with E-state index in [1.165, 1.54) is 26.0 Å². The van der Waals surface area contributed by atoms with Gasteiger partial charge in [-0.3, -0.25) is 14.4 Å². The van der Waals surface area contributed by atoms with Crippen molar-refractivity contribution in [2.45, 2.75) is 46.5 Å². The minimum absolute atomic E-state index is 0.00619. The third kappa shape index (κ3) is 6.01. The average molecular weight is 389 g/mol. The Labute approximate surface area is 157 Å². The van der Waals surface area contributed by atoms with Crippen LogP contribution in [0.2, 0.25) is 10.0 Å². The molecule has 0 saturated heterocycles. The fraction of sp³-hybridized carbons (Fsp3) is 0.500. The minimum Gasteiger partial charge on any atom is -0.465 e. The SMILES string of the molecule is CCCCCCOC(=O)C(C)(C)C(=O)Oc1c(Cl)cc(Cl)cc1C=O. The number of ether oxygens (including phenoxy) is 2. The zero-order chi connectivity index (χ0) is 19.0. The van der Waals surface area contributed by atoms with Crippen LogP contribution >= 0.6 is 23.2 Å². The summed E-state index contributed by atoms with van der Waals surface area (Å²) < 4.78 is 10.3. The van der Waals surface area contributed by atoms with E-state index in [4.69, 9.17) is 32.7 Å². The molecule has 0 radical (unpaired) electrons. The Balaban J connectivity index is 2.78. The van der Waals surface area contributed by atoms with E-state index in [1.54, 1.807) is 0 Å². The number of benzene rings is 1. The summed E-state index contributed by atoms with van der Waals surface area (Å²) in [5.41, 5.74) is -1.51. The lowest BCUT2D eigenvalue weighted by Crippen LogP contribution is -2.38. The van der Waals surface area contributed by atoms with Crippen molar-refractivity contribution in [1.82, 2.24) is 0 Å². The molecule has 1 rings (SSSR count). The van der Waals surface area contributed by atoms with Crippen LogP contribution in [0.3, 0.4) is 0 Å². The maximum Gasteiger partial charge on any atom is 0.328 e. The number of carbonyl (C=O) groups is 3. The molecule has 0 N–H and O–H groups in total. The monoisotopic (exact) mass is 388 g/mol. The van der Waals surface area contributed by atoms with Gasteiger partial charge in [0.25, 0.3) is 0 Å². The first-order valence-corrected chi connectivity index (χ1v) is 8.83. The quantitative estimate of drug-likeness (QED) is 0.198. The molecule has 1 aromatic carbocycles. The van der Waals surface area contributed by atoms with E-state index in [2.05, 4.69) is 6.92 Å². The van der Waals surface area contributed by atoms with E-state index < -0.39 is 17.4 Å². The molecule has 0 fully saturated rings. The summed E-state index contributed by atoms with van der Waals surface area (Å²) in [6.07, 6.45) is 4.30. The number of halogens is 2. The number of hydrogen-bond acceptors (Lipinski definition) is 5. The minimum atomic E-state index is -1.53. The number of aldehydes is 1. The maximum atomic E-state index is 12.4. The molecule has 5 nitrogen and oxygen atoms in total. The van der Waals surface area contributed by atoms with Crippen molar-refractivity contribution in [2.24, 2.45) is 5.41 Å². The van der Waals surface area contributed by atoms with Crippen molar-refractivity contribution in [3.8, 4) is 5.75 Å². The summed E-state index contributed by atoms with van der Waals surface area (Å²) in [6.45, 7) is 5.12. The molecule has 0 spiro atoms. The molecule has 1 aromatic rings. The molecule has 0 aliphatic rings. The van der Waals surface area contributed by atoms with Crippen LogP contribution < -0.4 is 4.74 Å². The Morgan fingerprint density at radius 2 is 1.80 bits per heavy atom. The largest absolute Gasteiger partial charge is 0.465 e. The molecule has 0 atom stereocenters. The van der Waals surface area contributed by atoms with E-state index in [1.807, 2.05) is 0 Å². The Morgan fingerprint density at radius 1 is 1.12 bits per heavy atom. The molecular weight excluding hydrogens is 367 g/mol. The lowest BCUT2D eigenvalue weighted by molar-refractivity contribution is -0.164. The summed E-state index contributed by atoms with van der Waals surface area (Å²) in [5.74, 6) is -1.68. The van der Waals surface area contributed by atoms with Gasteiger partial charge in [-0.15, -0.1) is 0 Å². The highest BCUT2D eigenvalue weighted by atomic mass is 35.5. The fourth-order valence-electron chi connectivity index (χ4n) is 1.95. The van der Waals surface area contributed by atoms with Crippen LogP contribution in [-0.2, 0) is 14.3 Å². The molecule has 0 aliphatic heterocycles. The molecule has 0 aromatic heterocycles. The average Bonchev–Trinajstić information content (AvgIpc) is 2.56. The predicted molar refractivity (Wildman–Crippen MR) is 96.4 cm³/mol. The molecule has 0 bridgehead atoms. The molecule has 0 amide bonds. The number of rotatable bonds is 9. The molecule has 25 heavy (non-hydrogen) atoms. The van der Waals surface area contributed by atoms with Crippen LogP contribution in [-0.4, -0.2) is 24.8 Å². The number of unbranched alkanes of at least 4 members (excludes halogenated alkanes) is 3. The number of esters is 2. The van der Waals surface area contributed by atoms with Gasteiger partial charge in [-0.25, -0.2) is 0 Å². The zero-order valence-corrected chi connectivity index (χ0v) is 16.1. The van der Waals surface area contributed by atoms with E-state index in [0.717, 1.165) is 25.7 Å². The summed E-state index contributed by atoms with van der Waals surface area (Å²) in [4.78, 5) is 35.7. The van der Waals surface area contributed by atoms with Crippen molar-refractivity contribution < 1.29 is 23.9 Å². The van der Waals surface area contributed by atoms with Gasteiger partial charge in [0.05, 0.1) is 17.2 Å². The zero-order valence-electron chi connectivity index (χ0n) is 14.6. The Bertz CT molecular complexity index is 641. The van der Waals surface area contributed by atoms with Crippen molar-refractivity contribution in [3.05, 3.63) is 27.7 Å². The van der Waals surface area contributed by atoms with Gasteiger partial charge in [0.2, 0.25) is 0 Å². The van der Waals surface area contributed by atoms with Gasteiger partial charge < -0.3 is 9.47 Å². The Hall–Kier alpha value is -1.59. The second-order valence-corrected chi connectivity index (χ2v) is 6.98. The van der Waals surface area contributed by atoms with Gasteiger partial charge in [-0.2, -0.15) is 0 Å². The second kappa shape index (κ2) is 9.78. The lowest BCUT2D eigenvalue weighted by atomic mass is 9.94. The summed E-state index contributed by atoms with van der Waals surface area (Å²) in [7, 11) is 0. The normalized spacial score (nSPS) is 11.1. The van der Waals surface area contributed by atoms with E-state index in [9.17, 15) is 14.4 Å². The maximum absolute atomic E-state index is 12.4. The van der Waals surface area contributed by atoms with Crippen LogP contribution in [0.4, 0.5) is 0 Å². The van der Waals surface area contributed by atoms with Crippen LogP contribution in [0.25, 0.3) is 0 Å². The van der Waals surface area contributed by atoms with Crippen molar-refractivity contribution in [1.29, 1.82) is 0 Å². The summed E-state index contributed by atoms with van der Waals surface area (Å²) >= 11 is 11.8. The van der Waals surface area contributed by atoms with Gasteiger partial charge >= 0.3 is 11.9 Å². The topological polar surface area (TPSA) is 69.7 Å².